The molecule has 6 heteroatoms. The van der Waals surface area contributed by atoms with Crippen LogP contribution in [-0.2, 0) is 16.1 Å². The first-order valence-electron chi connectivity index (χ1n) is 6.62. The number of methoxy groups -OCH3 is 1. The molecule has 2 rings (SSSR count). The zero-order valence-electron chi connectivity index (χ0n) is 12.0. The molecule has 0 fully saturated rings. The highest BCUT2D eigenvalue weighted by atomic mass is 19.1. The monoisotopic (exact) mass is 292 g/mol. The van der Waals surface area contributed by atoms with Gasteiger partial charge in [-0.15, -0.1) is 0 Å². The number of benzene rings is 1. The van der Waals surface area contributed by atoms with Crippen LogP contribution in [0.1, 0.15) is 12.6 Å². The van der Waals surface area contributed by atoms with Gasteiger partial charge in [-0.2, -0.15) is 0 Å². The summed E-state index contributed by atoms with van der Waals surface area (Å²) < 4.78 is 23.2. The average Bonchev–Trinajstić information content (AvgIpc) is 2.95. The highest BCUT2D eigenvalue weighted by Gasteiger charge is 2.13. The second-order valence-electron chi connectivity index (χ2n) is 4.53. The average molecular weight is 292 g/mol. The summed E-state index contributed by atoms with van der Waals surface area (Å²) in [6.45, 7) is 3.27. The van der Waals surface area contributed by atoms with Gasteiger partial charge in [-0.05, 0) is 24.7 Å². The molecule has 0 unspecified atom stereocenters. The smallest absolute Gasteiger partial charge is 0.319 e. The van der Waals surface area contributed by atoms with Crippen molar-refractivity contribution in [2.24, 2.45) is 0 Å². The molecule has 2 aromatic rings. The lowest BCUT2D eigenvalue weighted by molar-refractivity contribution is -0.142. The fourth-order valence-electron chi connectivity index (χ4n) is 1.89. The van der Waals surface area contributed by atoms with Gasteiger partial charge < -0.3 is 9.15 Å². The van der Waals surface area contributed by atoms with Gasteiger partial charge in [0.25, 0.3) is 0 Å². The van der Waals surface area contributed by atoms with E-state index in [-0.39, 0.29) is 18.3 Å². The zero-order chi connectivity index (χ0) is 15.2. The molecular formula is C15H17FN2O3. The lowest BCUT2D eigenvalue weighted by Gasteiger charge is -2.16. The van der Waals surface area contributed by atoms with Crippen LogP contribution in [-0.4, -0.2) is 36.1 Å². The van der Waals surface area contributed by atoms with E-state index in [2.05, 4.69) is 9.72 Å². The maximum atomic E-state index is 13.2. The summed E-state index contributed by atoms with van der Waals surface area (Å²) in [4.78, 5) is 17.5. The van der Waals surface area contributed by atoms with Gasteiger partial charge in [0, 0.05) is 12.1 Å². The molecule has 0 spiro atoms. The molecule has 0 saturated heterocycles. The number of rotatable bonds is 6. The van der Waals surface area contributed by atoms with Crippen molar-refractivity contribution < 1.29 is 18.3 Å². The van der Waals surface area contributed by atoms with E-state index in [0.29, 0.717) is 30.2 Å². The van der Waals surface area contributed by atoms with E-state index in [1.165, 1.54) is 25.5 Å². The van der Waals surface area contributed by atoms with Crippen LogP contribution in [0.3, 0.4) is 0 Å². The molecule has 21 heavy (non-hydrogen) atoms. The third kappa shape index (κ3) is 4.13. The van der Waals surface area contributed by atoms with Crippen molar-refractivity contribution in [3.05, 3.63) is 42.0 Å². The molecule has 5 nitrogen and oxygen atoms in total. The Bertz CT molecular complexity index is 612. The standard InChI is InChI=1S/C15H17FN2O3/c1-3-18(9-14(19)20-2)8-13-10-21-15(17-13)11-5-4-6-12(16)7-11/h4-7,10H,3,8-9H2,1-2H3. The summed E-state index contributed by atoms with van der Waals surface area (Å²) in [7, 11) is 1.36. The Balaban J connectivity index is 2.07. The Morgan fingerprint density at radius 2 is 2.29 bits per heavy atom. The second kappa shape index (κ2) is 6.99. The molecule has 0 saturated carbocycles. The Morgan fingerprint density at radius 3 is 2.95 bits per heavy atom. The van der Waals surface area contributed by atoms with E-state index in [4.69, 9.17) is 4.42 Å². The maximum Gasteiger partial charge on any atom is 0.319 e. The summed E-state index contributed by atoms with van der Waals surface area (Å²) >= 11 is 0. The van der Waals surface area contributed by atoms with Crippen LogP contribution >= 0.6 is 0 Å². The number of esters is 1. The van der Waals surface area contributed by atoms with E-state index in [9.17, 15) is 9.18 Å². The van der Waals surface area contributed by atoms with Gasteiger partial charge in [-0.3, -0.25) is 9.69 Å². The molecule has 112 valence electrons. The molecule has 0 radical (unpaired) electrons. The minimum absolute atomic E-state index is 0.190. The number of nitrogens with zero attached hydrogens (tertiary/aromatic N) is 2. The molecular weight excluding hydrogens is 275 g/mol. The summed E-state index contributed by atoms with van der Waals surface area (Å²) in [5, 5.41) is 0. The van der Waals surface area contributed by atoms with Gasteiger partial charge in [0.2, 0.25) is 5.89 Å². The van der Waals surface area contributed by atoms with Crippen molar-refractivity contribution in [1.82, 2.24) is 9.88 Å². The van der Waals surface area contributed by atoms with Crippen molar-refractivity contribution in [3.63, 3.8) is 0 Å². The lowest BCUT2D eigenvalue weighted by Crippen LogP contribution is -2.30. The largest absolute Gasteiger partial charge is 0.468 e. The Kier molecular flexibility index (Phi) is 5.05. The number of carbonyl (C=O) groups is 1. The van der Waals surface area contributed by atoms with Crippen LogP contribution in [0.15, 0.2) is 34.9 Å². The fraction of sp³-hybridized carbons (Fsp3) is 0.333. The van der Waals surface area contributed by atoms with Gasteiger partial charge in [-0.1, -0.05) is 13.0 Å². The normalized spacial score (nSPS) is 10.9. The maximum absolute atomic E-state index is 13.2. The van der Waals surface area contributed by atoms with E-state index in [0.717, 1.165) is 0 Å². The van der Waals surface area contributed by atoms with Crippen molar-refractivity contribution in [1.29, 1.82) is 0 Å². The number of ether oxygens (including phenoxy) is 1. The third-order valence-corrected chi connectivity index (χ3v) is 3.04. The number of likely N-dealkylation sites (N-methyl/N-ethyl adjacent to an activating group) is 1. The number of aromatic nitrogens is 1. The van der Waals surface area contributed by atoms with Crippen molar-refractivity contribution in [2.45, 2.75) is 13.5 Å². The lowest BCUT2D eigenvalue weighted by atomic mass is 10.2. The van der Waals surface area contributed by atoms with Crippen LogP contribution in [0.25, 0.3) is 11.5 Å². The first-order chi connectivity index (χ1) is 10.1. The number of carbonyl (C=O) groups excluding carboxylic acids is 1. The molecule has 1 aromatic heterocycles. The molecule has 0 aliphatic carbocycles. The molecule has 0 amide bonds. The van der Waals surface area contributed by atoms with Crippen LogP contribution in [0, 0.1) is 5.82 Å². The van der Waals surface area contributed by atoms with Gasteiger partial charge in [-0.25, -0.2) is 9.37 Å². The Labute approximate surface area is 122 Å². The van der Waals surface area contributed by atoms with E-state index in [1.807, 2.05) is 11.8 Å². The second-order valence-corrected chi connectivity index (χ2v) is 4.53. The van der Waals surface area contributed by atoms with Gasteiger partial charge >= 0.3 is 5.97 Å². The SMILES string of the molecule is CCN(CC(=O)OC)Cc1coc(-c2cccc(F)c2)n1. The summed E-state index contributed by atoms with van der Waals surface area (Å²) in [6.07, 6.45) is 1.51. The van der Waals surface area contributed by atoms with Crippen LogP contribution in [0.2, 0.25) is 0 Å². The minimum atomic E-state index is -0.340. The molecule has 0 atom stereocenters. The summed E-state index contributed by atoms with van der Waals surface area (Å²) in [6, 6.07) is 6.05. The minimum Gasteiger partial charge on any atom is -0.468 e. The summed E-state index contributed by atoms with van der Waals surface area (Å²) in [5.74, 6) is -0.280. The molecule has 0 aliphatic rings. The van der Waals surface area contributed by atoms with Crippen LogP contribution in [0.5, 0.6) is 0 Å². The van der Waals surface area contributed by atoms with E-state index in [1.54, 1.807) is 12.1 Å². The Morgan fingerprint density at radius 1 is 1.48 bits per heavy atom. The quantitative estimate of drug-likeness (QED) is 0.766. The molecule has 1 heterocycles. The Hall–Kier alpha value is -2.21. The van der Waals surface area contributed by atoms with Crippen LogP contribution < -0.4 is 0 Å². The molecule has 1 aromatic carbocycles. The molecule has 0 aliphatic heterocycles. The molecule has 0 bridgehead atoms. The van der Waals surface area contributed by atoms with Crippen molar-refractivity contribution >= 4 is 5.97 Å². The van der Waals surface area contributed by atoms with Gasteiger partial charge in [0.1, 0.15) is 12.1 Å². The van der Waals surface area contributed by atoms with Crippen molar-refractivity contribution in [3.8, 4) is 11.5 Å². The fourth-order valence-corrected chi connectivity index (χ4v) is 1.89. The highest BCUT2D eigenvalue weighted by molar-refractivity contribution is 5.71. The van der Waals surface area contributed by atoms with Crippen LogP contribution in [0.4, 0.5) is 4.39 Å². The molecule has 0 N–H and O–H groups in total. The number of hydrogen-bond donors (Lipinski definition) is 0. The number of halogens is 1. The summed E-state index contributed by atoms with van der Waals surface area (Å²) in [5.41, 5.74) is 1.26. The highest BCUT2D eigenvalue weighted by Crippen LogP contribution is 2.20. The zero-order valence-corrected chi connectivity index (χ0v) is 12.0. The first kappa shape index (κ1) is 15.2. The topological polar surface area (TPSA) is 55.6 Å². The van der Waals surface area contributed by atoms with Gasteiger partial charge in [0.05, 0.1) is 19.3 Å². The predicted molar refractivity (Wildman–Crippen MR) is 74.9 cm³/mol. The predicted octanol–water partition coefficient (Wildman–Crippen LogP) is 2.48. The van der Waals surface area contributed by atoms with Crippen molar-refractivity contribution in [2.75, 3.05) is 20.2 Å². The first-order valence-corrected chi connectivity index (χ1v) is 6.62. The van der Waals surface area contributed by atoms with Gasteiger partial charge in [0.15, 0.2) is 0 Å². The van der Waals surface area contributed by atoms with E-state index < -0.39 is 0 Å². The number of hydrogen-bond acceptors (Lipinski definition) is 5. The number of oxazole rings is 1. The van der Waals surface area contributed by atoms with E-state index >= 15 is 0 Å². The third-order valence-electron chi connectivity index (χ3n) is 3.04.